The van der Waals surface area contributed by atoms with Crippen molar-refractivity contribution in [3.05, 3.63) is 42.5 Å². The Morgan fingerprint density at radius 2 is 1.50 bits per heavy atom. The number of benzene rings is 2. The van der Waals surface area contributed by atoms with Crippen molar-refractivity contribution in [3.8, 4) is 0 Å². The van der Waals surface area contributed by atoms with Crippen LogP contribution in [-0.2, 0) is 0 Å². The maximum absolute atomic E-state index is 12.9. The van der Waals surface area contributed by atoms with Crippen molar-refractivity contribution >= 4 is 43.9 Å². The molecule has 0 bridgehead atoms. The van der Waals surface area contributed by atoms with Gasteiger partial charge in [0.15, 0.2) is 0 Å². The van der Waals surface area contributed by atoms with Crippen LogP contribution in [0.25, 0.3) is 20.2 Å². The minimum absolute atomic E-state index is 0. The quantitative estimate of drug-likeness (QED) is 0.589. The molecule has 86 valence electrons. The van der Waals surface area contributed by atoms with Gasteiger partial charge in [0.2, 0.25) is 0 Å². The maximum atomic E-state index is 12.9. The van der Waals surface area contributed by atoms with Gasteiger partial charge in [-0.25, -0.2) is 0 Å². The van der Waals surface area contributed by atoms with E-state index in [2.05, 4.69) is 0 Å². The molecular weight excluding hydrogens is 283 g/mol. The summed E-state index contributed by atoms with van der Waals surface area (Å²) in [4.78, 5) is 0. The van der Waals surface area contributed by atoms with Crippen LogP contribution in [0.5, 0.6) is 0 Å². The number of rotatable bonds is 1. The Balaban J connectivity index is 0.00000120. The van der Waals surface area contributed by atoms with E-state index in [0.717, 1.165) is 16.2 Å². The first kappa shape index (κ1) is 14.6. The van der Waals surface area contributed by atoms with E-state index in [9.17, 15) is 12.9 Å². The second-order valence-corrected chi connectivity index (χ2v) is 4.95. The zero-order chi connectivity index (χ0) is 12.0. The molecule has 2 aromatic carbocycles. The summed E-state index contributed by atoms with van der Waals surface area (Å²) in [7, 11) is 0. The maximum Gasteiger partial charge on any atom is 1.00 e. The fraction of sp³-hybridized carbons (Fsp3) is 0. The predicted octanol–water partition coefficient (Wildman–Crippen LogP) is 1.11. The third-order valence-corrected chi connectivity index (χ3v) is 4.02. The van der Waals surface area contributed by atoms with Gasteiger partial charge in [-0.15, -0.1) is 11.3 Å². The second-order valence-electron chi connectivity index (χ2n) is 3.90. The Hall–Kier alpha value is 0.151. The van der Waals surface area contributed by atoms with Crippen molar-refractivity contribution in [2.45, 2.75) is 0 Å². The Labute approximate surface area is 149 Å². The van der Waals surface area contributed by atoms with E-state index in [0.29, 0.717) is 10.1 Å². The molecule has 0 aliphatic rings. The van der Waals surface area contributed by atoms with E-state index in [-0.39, 0.29) is 51.4 Å². The van der Waals surface area contributed by atoms with Gasteiger partial charge in [-0.3, -0.25) is 0 Å². The molecule has 1 heterocycles. The topological polar surface area (TPSA) is 0 Å². The average Bonchev–Trinajstić information content (AvgIpc) is 2.65. The number of hydrogen-bond acceptors (Lipinski definition) is 1. The number of halogens is 3. The molecule has 1 aromatic heterocycles. The van der Waals surface area contributed by atoms with E-state index in [1.165, 1.54) is 17.4 Å². The molecule has 0 spiro atoms. The van der Waals surface area contributed by atoms with Gasteiger partial charge in [-0.05, 0) is 11.5 Å². The van der Waals surface area contributed by atoms with Crippen LogP contribution in [0.2, 0.25) is 0 Å². The predicted molar refractivity (Wildman–Crippen MR) is 68.0 cm³/mol. The summed E-state index contributed by atoms with van der Waals surface area (Å²) in [5.41, 5.74) is -0.483. The molecule has 0 saturated heterocycles. The summed E-state index contributed by atoms with van der Waals surface area (Å²) in [5, 5.41) is 1.59. The monoisotopic (exact) mass is 290 g/mol. The minimum atomic E-state index is -4.95. The molecule has 18 heavy (non-hydrogen) atoms. The van der Waals surface area contributed by atoms with Gasteiger partial charge < -0.3 is 12.9 Å². The molecule has 3 rings (SSSR count). The first-order chi connectivity index (χ1) is 8.07. The van der Waals surface area contributed by atoms with E-state index in [1.807, 2.05) is 24.3 Å². The Morgan fingerprint density at radius 1 is 0.833 bits per heavy atom. The number of hydrogen-bond donors (Lipinski definition) is 0. The van der Waals surface area contributed by atoms with Crippen LogP contribution in [-0.4, -0.2) is 6.98 Å². The summed E-state index contributed by atoms with van der Waals surface area (Å²) < 4.78 is 40.0. The van der Waals surface area contributed by atoms with Crippen molar-refractivity contribution in [1.82, 2.24) is 0 Å². The zero-order valence-corrected chi connectivity index (χ0v) is 13.6. The molecule has 0 atom stereocenters. The number of fused-ring (bicyclic) bond motifs is 3. The molecule has 0 nitrogen and oxygen atoms in total. The van der Waals surface area contributed by atoms with Crippen LogP contribution >= 0.6 is 11.3 Å². The average molecular weight is 290 g/mol. The van der Waals surface area contributed by atoms with Crippen LogP contribution < -0.4 is 56.8 Å². The summed E-state index contributed by atoms with van der Waals surface area (Å²) in [6, 6.07) is 11.8. The van der Waals surface area contributed by atoms with Gasteiger partial charge in [0.25, 0.3) is 0 Å². The molecule has 0 fully saturated rings. The first-order valence-corrected chi connectivity index (χ1v) is 5.99. The van der Waals surface area contributed by atoms with Gasteiger partial charge in [0, 0.05) is 14.8 Å². The molecule has 3 aromatic rings. The molecule has 6 heteroatoms. The molecule has 0 aliphatic carbocycles. The normalized spacial score (nSPS) is 11.7. The van der Waals surface area contributed by atoms with E-state index in [4.69, 9.17) is 0 Å². The fourth-order valence-electron chi connectivity index (χ4n) is 2.03. The van der Waals surface area contributed by atoms with E-state index < -0.39 is 12.4 Å². The fourth-order valence-corrected chi connectivity index (χ4v) is 3.29. The standard InChI is InChI=1S/C12H7BF3S.K/c14-13(15,16)10-6-3-5-9-8-4-1-2-7-11(8)17-12(9)10;/h1-7H;/q-1;+1. The van der Waals surface area contributed by atoms with Crippen molar-refractivity contribution < 1.29 is 64.3 Å². The van der Waals surface area contributed by atoms with Crippen LogP contribution in [0.4, 0.5) is 12.9 Å². The van der Waals surface area contributed by atoms with Gasteiger partial charge in [-0.2, -0.15) is 0 Å². The smallest absolute Gasteiger partial charge is 0.445 e. The van der Waals surface area contributed by atoms with Crippen molar-refractivity contribution in [3.63, 3.8) is 0 Å². The summed E-state index contributed by atoms with van der Waals surface area (Å²) in [5.74, 6) is 0. The summed E-state index contributed by atoms with van der Waals surface area (Å²) in [6.45, 7) is -4.95. The minimum Gasteiger partial charge on any atom is -0.445 e. The molecular formula is C12H7BF3KS. The van der Waals surface area contributed by atoms with Crippen molar-refractivity contribution in [2.24, 2.45) is 0 Å². The van der Waals surface area contributed by atoms with Crippen LogP contribution in [0.15, 0.2) is 42.5 Å². The molecule has 0 saturated carbocycles. The summed E-state index contributed by atoms with van der Waals surface area (Å²) >= 11 is 1.21. The second kappa shape index (κ2) is 5.26. The molecule has 0 radical (unpaired) electrons. The molecule has 0 N–H and O–H groups in total. The molecule has 0 amide bonds. The van der Waals surface area contributed by atoms with Gasteiger partial charge in [0.1, 0.15) is 0 Å². The number of thiophene rings is 1. The van der Waals surface area contributed by atoms with Crippen molar-refractivity contribution in [1.29, 1.82) is 0 Å². The zero-order valence-electron chi connectivity index (χ0n) is 9.66. The SMILES string of the molecule is F[B-](F)(F)c1cccc2c1sc1ccccc12.[K+]. The third-order valence-electron chi connectivity index (χ3n) is 2.79. The van der Waals surface area contributed by atoms with Crippen LogP contribution in [0, 0.1) is 0 Å². The van der Waals surface area contributed by atoms with Gasteiger partial charge in [-0.1, -0.05) is 41.9 Å². The Kier molecular flexibility index (Phi) is 4.26. The van der Waals surface area contributed by atoms with Crippen molar-refractivity contribution in [2.75, 3.05) is 0 Å². The van der Waals surface area contributed by atoms with Gasteiger partial charge >= 0.3 is 58.4 Å². The van der Waals surface area contributed by atoms with E-state index >= 15 is 0 Å². The first-order valence-electron chi connectivity index (χ1n) is 5.17. The van der Waals surface area contributed by atoms with Gasteiger partial charge in [0.05, 0.1) is 0 Å². The molecule has 0 aliphatic heterocycles. The third kappa shape index (κ3) is 2.42. The Morgan fingerprint density at radius 3 is 2.22 bits per heavy atom. The Bertz CT molecular complexity index is 705. The van der Waals surface area contributed by atoms with Crippen LogP contribution in [0.3, 0.4) is 0 Å². The molecule has 0 unspecified atom stereocenters. The van der Waals surface area contributed by atoms with Crippen LogP contribution in [0.1, 0.15) is 0 Å². The summed E-state index contributed by atoms with van der Waals surface area (Å²) in [6.07, 6.45) is 0. The van der Waals surface area contributed by atoms with E-state index in [1.54, 1.807) is 6.07 Å². The largest absolute Gasteiger partial charge is 1.00 e.